The maximum absolute atomic E-state index is 9.14. The van der Waals surface area contributed by atoms with E-state index in [1.54, 1.807) is 11.3 Å². The Kier molecular flexibility index (Phi) is 1.77. The number of hydrogen-bond acceptors (Lipinski definition) is 3. The molecule has 18 heavy (non-hydrogen) atoms. The SMILES string of the molecule is N#Cc1cccc2c1sc1nc3ccccc3n12. The lowest BCUT2D eigenvalue weighted by Crippen LogP contribution is -1.81. The minimum Gasteiger partial charge on any atom is -0.283 e. The first-order valence-electron chi connectivity index (χ1n) is 5.57. The normalized spacial score (nSPS) is 11.3. The summed E-state index contributed by atoms with van der Waals surface area (Å²) in [7, 11) is 0. The number of para-hydroxylation sites is 2. The van der Waals surface area contributed by atoms with E-state index >= 15 is 0 Å². The number of aromatic nitrogens is 2. The van der Waals surface area contributed by atoms with Gasteiger partial charge in [0.1, 0.15) is 6.07 Å². The summed E-state index contributed by atoms with van der Waals surface area (Å²) in [5.74, 6) is 0. The zero-order valence-electron chi connectivity index (χ0n) is 9.29. The Morgan fingerprint density at radius 3 is 2.78 bits per heavy atom. The Labute approximate surface area is 107 Å². The Morgan fingerprint density at radius 2 is 1.89 bits per heavy atom. The molecule has 2 aromatic heterocycles. The molecule has 84 valence electrons. The summed E-state index contributed by atoms with van der Waals surface area (Å²) in [4.78, 5) is 5.54. The van der Waals surface area contributed by atoms with Gasteiger partial charge in [-0.1, -0.05) is 29.5 Å². The molecule has 4 heteroatoms. The van der Waals surface area contributed by atoms with Crippen molar-refractivity contribution < 1.29 is 0 Å². The monoisotopic (exact) mass is 249 g/mol. The Hall–Kier alpha value is -2.38. The van der Waals surface area contributed by atoms with E-state index in [2.05, 4.69) is 21.5 Å². The molecule has 0 aliphatic heterocycles. The number of imidazole rings is 1. The molecule has 2 aromatic carbocycles. The molecule has 0 saturated heterocycles. The average molecular weight is 249 g/mol. The van der Waals surface area contributed by atoms with Gasteiger partial charge in [-0.3, -0.25) is 4.40 Å². The van der Waals surface area contributed by atoms with E-state index in [4.69, 9.17) is 5.26 Å². The van der Waals surface area contributed by atoms with Crippen LogP contribution < -0.4 is 0 Å². The summed E-state index contributed by atoms with van der Waals surface area (Å²) in [6.07, 6.45) is 0. The van der Waals surface area contributed by atoms with E-state index in [1.165, 1.54) is 0 Å². The molecule has 4 rings (SSSR count). The quantitative estimate of drug-likeness (QED) is 0.478. The van der Waals surface area contributed by atoms with Gasteiger partial charge in [0.05, 0.1) is 26.8 Å². The van der Waals surface area contributed by atoms with Gasteiger partial charge in [0.2, 0.25) is 0 Å². The third-order valence-corrected chi connectivity index (χ3v) is 4.17. The van der Waals surface area contributed by atoms with Crippen molar-refractivity contribution >= 4 is 37.5 Å². The molecule has 0 atom stereocenters. The molecule has 0 saturated carbocycles. The summed E-state index contributed by atoms with van der Waals surface area (Å²) in [5, 5.41) is 9.14. The first-order valence-corrected chi connectivity index (χ1v) is 6.39. The van der Waals surface area contributed by atoms with Crippen molar-refractivity contribution in [1.82, 2.24) is 9.38 Å². The minimum absolute atomic E-state index is 0.715. The van der Waals surface area contributed by atoms with Crippen molar-refractivity contribution in [3.8, 4) is 6.07 Å². The summed E-state index contributed by atoms with van der Waals surface area (Å²) in [5.41, 5.74) is 3.86. The molecule has 2 heterocycles. The molecule has 0 radical (unpaired) electrons. The summed E-state index contributed by atoms with van der Waals surface area (Å²) in [6, 6.07) is 16.1. The fraction of sp³-hybridized carbons (Fsp3) is 0. The fourth-order valence-electron chi connectivity index (χ4n) is 2.29. The van der Waals surface area contributed by atoms with Crippen LogP contribution in [0.4, 0.5) is 0 Å². The molecule has 3 nitrogen and oxygen atoms in total. The second-order valence-electron chi connectivity index (χ2n) is 4.09. The van der Waals surface area contributed by atoms with Crippen molar-refractivity contribution in [3.05, 3.63) is 48.0 Å². The summed E-state index contributed by atoms with van der Waals surface area (Å²) in [6.45, 7) is 0. The predicted octanol–water partition coefficient (Wildman–Crippen LogP) is 3.57. The number of thiazole rings is 1. The van der Waals surface area contributed by atoms with Gasteiger partial charge in [0.15, 0.2) is 4.96 Å². The number of fused-ring (bicyclic) bond motifs is 5. The van der Waals surface area contributed by atoms with Gasteiger partial charge < -0.3 is 0 Å². The van der Waals surface area contributed by atoms with Crippen LogP contribution in [0.1, 0.15) is 5.56 Å². The van der Waals surface area contributed by atoms with Gasteiger partial charge in [-0.2, -0.15) is 5.26 Å². The molecular weight excluding hydrogens is 242 g/mol. The number of nitrogens with zero attached hydrogens (tertiary/aromatic N) is 3. The molecule has 0 aliphatic rings. The Morgan fingerprint density at radius 1 is 1.06 bits per heavy atom. The highest BCUT2D eigenvalue weighted by molar-refractivity contribution is 7.23. The van der Waals surface area contributed by atoms with Crippen LogP contribution in [0.5, 0.6) is 0 Å². The molecule has 0 unspecified atom stereocenters. The lowest BCUT2D eigenvalue weighted by atomic mass is 10.2. The number of rotatable bonds is 0. The van der Waals surface area contributed by atoms with E-state index in [1.807, 2.05) is 36.4 Å². The average Bonchev–Trinajstić information content (AvgIpc) is 2.93. The molecule has 0 N–H and O–H groups in total. The van der Waals surface area contributed by atoms with Crippen LogP contribution in [0.25, 0.3) is 26.2 Å². The van der Waals surface area contributed by atoms with Gasteiger partial charge in [-0.05, 0) is 24.3 Å². The van der Waals surface area contributed by atoms with Gasteiger partial charge in [-0.25, -0.2) is 4.98 Å². The van der Waals surface area contributed by atoms with Crippen LogP contribution in [0.2, 0.25) is 0 Å². The third-order valence-electron chi connectivity index (χ3n) is 3.08. The lowest BCUT2D eigenvalue weighted by Gasteiger charge is -1.94. The van der Waals surface area contributed by atoms with Crippen molar-refractivity contribution in [3.63, 3.8) is 0 Å². The van der Waals surface area contributed by atoms with E-state index in [-0.39, 0.29) is 0 Å². The zero-order chi connectivity index (χ0) is 12.1. The van der Waals surface area contributed by atoms with Gasteiger partial charge in [0.25, 0.3) is 0 Å². The molecule has 0 aliphatic carbocycles. The van der Waals surface area contributed by atoms with E-state index in [9.17, 15) is 0 Å². The summed E-state index contributed by atoms with van der Waals surface area (Å²) >= 11 is 1.57. The maximum atomic E-state index is 9.14. The van der Waals surface area contributed by atoms with E-state index in [0.717, 1.165) is 26.2 Å². The second kappa shape index (κ2) is 3.31. The van der Waals surface area contributed by atoms with Crippen LogP contribution in [-0.4, -0.2) is 9.38 Å². The number of hydrogen-bond donors (Lipinski definition) is 0. The van der Waals surface area contributed by atoms with Crippen LogP contribution in [0.3, 0.4) is 0 Å². The maximum Gasteiger partial charge on any atom is 0.195 e. The summed E-state index contributed by atoms with van der Waals surface area (Å²) < 4.78 is 3.13. The number of nitriles is 1. The molecule has 0 spiro atoms. The van der Waals surface area contributed by atoms with Crippen molar-refractivity contribution in [2.75, 3.05) is 0 Å². The van der Waals surface area contributed by atoms with Gasteiger partial charge in [-0.15, -0.1) is 0 Å². The van der Waals surface area contributed by atoms with Crippen LogP contribution >= 0.6 is 11.3 Å². The smallest absolute Gasteiger partial charge is 0.195 e. The van der Waals surface area contributed by atoms with E-state index in [0.29, 0.717) is 5.56 Å². The standard InChI is InChI=1S/C14H7N3S/c15-8-9-4-3-7-12-13(9)18-14-16-10-5-1-2-6-11(10)17(12)14/h1-7H. The van der Waals surface area contributed by atoms with Crippen molar-refractivity contribution in [2.45, 2.75) is 0 Å². The van der Waals surface area contributed by atoms with Crippen LogP contribution in [0, 0.1) is 11.3 Å². The van der Waals surface area contributed by atoms with Crippen LogP contribution in [-0.2, 0) is 0 Å². The number of benzene rings is 2. The highest BCUT2D eigenvalue weighted by atomic mass is 32.1. The van der Waals surface area contributed by atoms with E-state index < -0.39 is 0 Å². The van der Waals surface area contributed by atoms with Crippen LogP contribution in [0.15, 0.2) is 42.5 Å². The zero-order valence-corrected chi connectivity index (χ0v) is 10.1. The first kappa shape index (κ1) is 9.63. The molecule has 0 amide bonds. The lowest BCUT2D eigenvalue weighted by molar-refractivity contribution is 1.34. The minimum atomic E-state index is 0.715. The largest absolute Gasteiger partial charge is 0.283 e. The Bertz CT molecular complexity index is 940. The van der Waals surface area contributed by atoms with Crippen molar-refractivity contribution in [2.24, 2.45) is 0 Å². The Balaban J connectivity index is 2.32. The van der Waals surface area contributed by atoms with Crippen molar-refractivity contribution in [1.29, 1.82) is 5.26 Å². The topological polar surface area (TPSA) is 41.1 Å². The molecule has 4 aromatic rings. The predicted molar refractivity (Wildman–Crippen MR) is 72.8 cm³/mol. The third kappa shape index (κ3) is 1.09. The fourth-order valence-corrected chi connectivity index (χ4v) is 3.39. The second-order valence-corrected chi connectivity index (χ2v) is 5.06. The molecular formula is C14H7N3S. The highest BCUT2D eigenvalue weighted by Crippen LogP contribution is 2.31. The first-order chi connectivity index (χ1) is 8.88. The highest BCUT2D eigenvalue weighted by Gasteiger charge is 2.12. The molecule has 0 fully saturated rings. The van der Waals surface area contributed by atoms with Gasteiger partial charge in [0, 0.05) is 0 Å². The van der Waals surface area contributed by atoms with Gasteiger partial charge >= 0.3 is 0 Å². The molecule has 0 bridgehead atoms.